The standard InChI is InChI=1S/C26H25F2N3O3/c27-20-14-19(15-21(28)16-20)25(33)29-22-6-7-23(24(32)17-22)26(34)31-12-10-30(11-13-31)9-8-18-4-2-1-3-5-18/h1-7,14-17,32H,8-13H2,(H,29,33). The van der Waals surface area contributed by atoms with E-state index in [0.717, 1.165) is 38.2 Å². The van der Waals surface area contributed by atoms with Gasteiger partial charge in [-0.3, -0.25) is 14.5 Å². The number of carbonyl (C=O) groups excluding carboxylic acids is 2. The summed E-state index contributed by atoms with van der Waals surface area (Å²) >= 11 is 0. The molecule has 2 N–H and O–H groups in total. The average molecular weight is 466 g/mol. The first-order valence-corrected chi connectivity index (χ1v) is 11.0. The van der Waals surface area contributed by atoms with Gasteiger partial charge < -0.3 is 15.3 Å². The summed E-state index contributed by atoms with van der Waals surface area (Å²) in [4.78, 5) is 29.2. The normalized spacial score (nSPS) is 14.1. The van der Waals surface area contributed by atoms with Gasteiger partial charge in [-0.1, -0.05) is 30.3 Å². The lowest BCUT2D eigenvalue weighted by Gasteiger charge is -2.35. The Kier molecular flexibility index (Phi) is 7.18. The van der Waals surface area contributed by atoms with Crippen molar-refractivity contribution >= 4 is 17.5 Å². The molecule has 3 aromatic carbocycles. The minimum absolute atomic E-state index is 0.132. The smallest absolute Gasteiger partial charge is 0.257 e. The largest absolute Gasteiger partial charge is 0.507 e. The number of rotatable bonds is 6. The van der Waals surface area contributed by atoms with Crippen molar-refractivity contribution in [3.05, 3.63) is 95.1 Å². The number of phenolic OH excluding ortho intramolecular Hbond substituents is 1. The lowest BCUT2D eigenvalue weighted by Crippen LogP contribution is -2.49. The summed E-state index contributed by atoms with van der Waals surface area (Å²) in [6, 6.07) is 16.9. The Bertz CT molecular complexity index is 1160. The van der Waals surface area contributed by atoms with Crippen molar-refractivity contribution in [2.24, 2.45) is 0 Å². The maximum absolute atomic E-state index is 13.3. The summed E-state index contributed by atoms with van der Waals surface area (Å²) in [6.07, 6.45) is 0.949. The van der Waals surface area contributed by atoms with Gasteiger partial charge in [0.15, 0.2) is 0 Å². The summed E-state index contributed by atoms with van der Waals surface area (Å²) in [5.41, 5.74) is 1.42. The highest BCUT2D eigenvalue weighted by Gasteiger charge is 2.24. The van der Waals surface area contributed by atoms with Gasteiger partial charge in [0.1, 0.15) is 17.4 Å². The third-order valence-electron chi connectivity index (χ3n) is 5.83. The molecule has 0 bridgehead atoms. The zero-order valence-corrected chi connectivity index (χ0v) is 18.5. The highest BCUT2D eigenvalue weighted by atomic mass is 19.1. The number of halogens is 2. The van der Waals surface area contributed by atoms with Gasteiger partial charge >= 0.3 is 0 Å². The fraction of sp³-hybridized carbons (Fsp3) is 0.231. The van der Waals surface area contributed by atoms with Crippen LogP contribution in [-0.2, 0) is 6.42 Å². The number of anilines is 1. The zero-order valence-electron chi connectivity index (χ0n) is 18.5. The predicted molar refractivity (Wildman–Crippen MR) is 125 cm³/mol. The predicted octanol–water partition coefficient (Wildman–Crippen LogP) is 3.92. The lowest BCUT2D eigenvalue weighted by atomic mass is 10.1. The Hall–Kier alpha value is -3.78. The number of piperazine rings is 1. The lowest BCUT2D eigenvalue weighted by molar-refractivity contribution is 0.0635. The summed E-state index contributed by atoms with van der Waals surface area (Å²) in [5.74, 6) is -3.03. The molecule has 1 aliphatic rings. The van der Waals surface area contributed by atoms with E-state index in [1.807, 2.05) is 18.2 Å². The van der Waals surface area contributed by atoms with Crippen LogP contribution in [-0.4, -0.2) is 59.4 Å². The van der Waals surface area contributed by atoms with E-state index in [1.165, 1.54) is 23.8 Å². The second kappa shape index (κ2) is 10.4. The topological polar surface area (TPSA) is 72.9 Å². The molecule has 0 aliphatic carbocycles. The van der Waals surface area contributed by atoms with E-state index in [2.05, 4.69) is 22.3 Å². The summed E-state index contributed by atoms with van der Waals surface area (Å²) in [7, 11) is 0. The van der Waals surface area contributed by atoms with Gasteiger partial charge in [0, 0.05) is 56.1 Å². The van der Waals surface area contributed by atoms with Crippen LogP contribution in [0.4, 0.5) is 14.5 Å². The number of nitrogens with zero attached hydrogens (tertiary/aromatic N) is 2. The number of carbonyl (C=O) groups is 2. The molecule has 6 nitrogen and oxygen atoms in total. The van der Waals surface area contributed by atoms with Crippen molar-refractivity contribution in [1.82, 2.24) is 9.80 Å². The number of benzene rings is 3. The molecule has 0 radical (unpaired) electrons. The minimum atomic E-state index is -0.867. The molecule has 8 heteroatoms. The number of phenols is 1. The van der Waals surface area contributed by atoms with Crippen LogP contribution in [0.5, 0.6) is 5.75 Å². The maximum Gasteiger partial charge on any atom is 0.257 e. The number of amides is 2. The van der Waals surface area contributed by atoms with Gasteiger partial charge in [-0.2, -0.15) is 0 Å². The first-order valence-electron chi connectivity index (χ1n) is 11.0. The minimum Gasteiger partial charge on any atom is -0.507 e. The fourth-order valence-corrected chi connectivity index (χ4v) is 3.96. The Labute approximate surface area is 196 Å². The average Bonchev–Trinajstić information content (AvgIpc) is 2.83. The molecule has 0 atom stereocenters. The first-order chi connectivity index (χ1) is 16.4. The third-order valence-corrected chi connectivity index (χ3v) is 5.83. The number of nitrogens with one attached hydrogen (secondary N) is 1. The summed E-state index contributed by atoms with van der Waals surface area (Å²) in [6.45, 7) is 3.52. The van der Waals surface area contributed by atoms with Crippen LogP contribution in [0.1, 0.15) is 26.3 Å². The molecule has 1 aliphatic heterocycles. The monoisotopic (exact) mass is 465 g/mol. The Balaban J connectivity index is 1.33. The van der Waals surface area contributed by atoms with E-state index < -0.39 is 17.5 Å². The summed E-state index contributed by atoms with van der Waals surface area (Å²) < 4.78 is 26.7. The Morgan fingerprint density at radius 2 is 1.56 bits per heavy atom. The van der Waals surface area contributed by atoms with Gasteiger partial charge in [-0.25, -0.2) is 8.78 Å². The molecule has 4 rings (SSSR count). The van der Waals surface area contributed by atoms with Crippen molar-refractivity contribution < 1.29 is 23.5 Å². The zero-order chi connectivity index (χ0) is 24.1. The molecule has 0 unspecified atom stereocenters. The van der Waals surface area contributed by atoms with Crippen LogP contribution in [0, 0.1) is 11.6 Å². The van der Waals surface area contributed by atoms with Gasteiger partial charge in [0.2, 0.25) is 0 Å². The molecule has 1 saturated heterocycles. The number of hydrogen-bond acceptors (Lipinski definition) is 4. The highest BCUT2D eigenvalue weighted by Crippen LogP contribution is 2.24. The number of aromatic hydroxyl groups is 1. The molecule has 3 aromatic rings. The molecule has 0 saturated carbocycles. The molecule has 34 heavy (non-hydrogen) atoms. The van der Waals surface area contributed by atoms with E-state index in [1.54, 1.807) is 4.90 Å². The van der Waals surface area contributed by atoms with Crippen molar-refractivity contribution in [2.75, 3.05) is 38.0 Å². The number of hydrogen-bond donors (Lipinski definition) is 2. The van der Waals surface area contributed by atoms with Crippen molar-refractivity contribution in [3.63, 3.8) is 0 Å². The van der Waals surface area contributed by atoms with Crippen LogP contribution >= 0.6 is 0 Å². The van der Waals surface area contributed by atoms with E-state index >= 15 is 0 Å². The van der Waals surface area contributed by atoms with Gasteiger partial charge in [0.25, 0.3) is 11.8 Å². The second-order valence-electron chi connectivity index (χ2n) is 8.21. The van der Waals surface area contributed by atoms with E-state index in [4.69, 9.17) is 0 Å². The van der Waals surface area contributed by atoms with Crippen molar-refractivity contribution in [2.45, 2.75) is 6.42 Å². The first kappa shape index (κ1) is 23.4. The van der Waals surface area contributed by atoms with Crippen molar-refractivity contribution in [3.8, 4) is 5.75 Å². The SMILES string of the molecule is O=C(Nc1ccc(C(=O)N2CCN(CCc3ccccc3)CC2)c(O)c1)c1cc(F)cc(F)c1. The van der Waals surface area contributed by atoms with Crippen molar-refractivity contribution in [1.29, 1.82) is 0 Å². The van der Waals surface area contributed by atoms with Crippen LogP contribution in [0.25, 0.3) is 0 Å². The molecule has 2 amide bonds. The maximum atomic E-state index is 13.3. The van der Waals surface area contributed by atoms with E-state index in [0.29, 0.717) is 19.2 Å². The molecule has 176 valence electrons. The van der Waals surface area contributed by atoms with E-state index in [-0.39, 0.29) is 28.5 Å². The van der Waals surface area contributed by atoms with Gasteiger partial charge in [-0.05, 0) is 36.2 Å². The van der Waals surface area contributed by atoms with Gasteiger partial charge in [-0.15, -0.1) is 0 Å². The molecule has 0 aromatic heterocycles. The Morgan fingerprint density at radius 1 is 0.882 bits per heavy atom. The highest BCUT2D eigenvalue weighted by molar-refractivity contribution is 6.05. The Morgan fingerprint density at radius 3 is 2.21 bits per heavy atom. The van der Waals surface area contributed by atoms with Gasteiger partial charge in [0.05, 0.1) is 5.56 Å². The van der Waals surface area contributed by atoms with Crippen LogP contribution in [0.15, 0.2) is 66.7 Å². The molecule has 1 heterocycles. The third kappa shape index (κ3) is 5.77. The second-order valence-corrected chi connectivity index (χ2v) is 8.21. The molecular weight excluding hydrogens is 440 g/mol. The quantitative estimate of drug-likeness (QED) is 0.579. The van der Waals surface area contributed by atoms with Crippen LogP contribution < -0.4 is 5.32 Å². The summed E-state index contributed by atoms with van der Waals surface area (Å²) in [5, 5.41) is 12.9. The molecule has 1 fully saturated rings. The fourth-order valence-electron chi connectivity index (χ4n) is 3.96. The van der Waals surface area contributed by atoms with E-state index in [9.17, 15) is 23.5 Å². The molecule has 0 spiro atoms. The van der Waals surface area contributed by atoms with Crippen LogP contribution in [0.3, 0.4) is 0 Å². The van der Waals surface area contributed by atoms with Crippen LogP contribution in [0.2, 0.25) is 0 Å². The molecular formula is C26H25F2N3O3.